The fourth-order valence-corrected chi connectivity index (χ4v) is 5.89. The van der Waals surface area contributed by atoms with Crippen LogP contribution in [0.1, 0.15) is 71.6 Å². The average molecular weight is 275 g/mol. The van der Waals surface area contributed by atoms with Crippen molar-refractivity contribution in [2.75, 3.05) is 0 Å². The lowest BCUT2D eigenvalue weighted by Gasteiger charge is -2.58. The third-order valence-electron chi connectivity index (χ3n) is 7.13. The number of aliphatic hydroxyl groups excluding tert-OH is 1. The molecule has 1 N–H and O–H groups in total. The summed E-state index contributed by atoms with van der Waals surface area (Å²) < 4.78 is 0. The third kappa shape index (κ3) is 2.29. The number of nitriles is 1. The van der Waals surface area contributed by atoms with E-state index in [1.54, 1.807) is 0 Å². The molecule has 0 amide bonds. The average Bonchev–Trinajstić information content (AvgIpc) is 2.39. The van der Waals surface area contributed by atoms with Crippen molar-refractivity contribution < 1.29 is 5.11 Å². The molecule has 3 saturated carbocycles. The highest BCUT2D eigenvalue weighted by atomic mass is 16.3. The molecule has 0 bridgehead atoms. The van der Waals surface area contributed by atoms with Crippen LogP contribution in [0.15, 0.2) is 0 Å². The maximum Gasteiger partial charge on any atom is 0.0627 e. The van der Waals surface area contributed by atoms with Gasteiger partial charge in [-0.25, -0.2) is 0 Å². The van der Waals surface area contributed by atoms with E-state index < -0.39 is 0 Å². The second-order valence-electron chi connectivity index (χ2n) is 8.46. The van der Waals surface area contributed by atoms with E-state index in [0.717, 1.165) is 37.0 Å². The molecular formula is C18H29NO. The van der Waals surface area contributed by atoms with E-state index in [1.807, 2.05) is 0 Å². The summed E-state index contributed by atoms with van der Waals surface area (Å²) >= 11 is 0. The largest absolute Gasteiger partial charge is 0.393 e. The molecule has 0 aromatic carbocycles. The number of hydrogen-bond acceptors (Lipinski definition) is 2. The van der Waals surface area contributed by atoms with Crippen molar-refractivity contribution >= 4 is 0 Å². The van der Waals surface area contributed by atoms with Gasteiger partial charge in [-0.2, -0.15) is 5.26 Å². The molecule has 0 aromatic heterocycles. The monoisotopic (exact) mass is 275 g/mol. The molecule has 20 heavy (non-hydrogen) atoms. The van der Waals surface area contributed by atoms with Crippen molar-refractivity contribution in [3.05, 3.63) is 0 Å². The summed E-state index contributed by atoms with van der Waals surface area (Å²) in [6.45, 7) is 4.83. The number of rotatable bonds is 1. The van der Waals surface area contributed by atoms with Crippen LogP contribution >= 0.6 is 0 Å². The van der Waals surface area contributed by atoms with Gasteiger partial charge in [-0.1, -0.05) is 13.8 Å². The van der Waals surface area contributed by atoms with Crippen LogP contribution in [-0.2, 0) is 0 Å². The first-order valence-electron chi connectivity index (χ1n) is 8.52. The molecule has 3 aliphatic rings. The zero-order chi connectivity index (χ0) is 14.4. The van der Waals surface area contributed by atoms with Crippen LogP contribution in [-0.4, -0.2) is 11.2 Å². The summed E-state index contributed by atoms with van der Waals surface area (Å²) in [6, 6.07) is 2.41. The Bertz CT molecular complexity index is 414. The fraction of sp³-hybridized carbons (Fsp3) is 0.944. The quantitative estimate of drug-likeness (QED) is 0.776. The fourth-order valence-electron chi connectivity index (χ4n) is 5.89. The van der Waals surface area contributed by atoms with Crippen molar-refractivity contribution in [1.82, 2.24) is 0 Å². The summed E-state index contributed by atoms with van der Waals surface area (Å²) in [5.74, 6) is 2.42. The summed E-state index contributed by atoms with van der Waals surface area (Å²) in [4.78, 5) is 0. The van der Waals surface area contributed by atoms with Gasteiger partial charge in [0, 0.05) is 6.42 Å². The molecule has 3 aliphatic carbocycles. The smallest absolute Gasteiger partial charge is 0.0627 e. The van der Waals surface area contributed by atoms with Crippen LogP contribution in [0, 0.1) is 39.9 Å². The SMILES string of the molecule is C[C@]1(CC#N)CCC2C(CC[C@H]3C[C@H](O)CC[C@]23C)C1. The Balaban J connectivity index is 1.77. The standard InChI is InChI=1S/C18H29NO/c1-17(9-10-19)7-6-16-13(12-17)3-4-14-11-15(20)5-8-18(14,16)2/h13-16,20H,3-9,11-12H2,1-2H3/t13?,14-,15+,16?,17+,18-/m0/s1. The van der Waals surface area contributed by atoms with Gasteiger partial charge in [0.15, 0.2) is 0 Å². The van der Waals surface area contributed by atoms with Crippen LogP contribution in [0.5, 0.6) is 0 Å². The van der Waals surface area contributed by atoms with Gasteiger partial charge in [0.2, 0.25) is 0 Å². The van der Waals surface area contributed by atoms with Crippen LogP contribution in [0.3, 0.4) is 0 Å². The Kier molecular flexibility index (Phi) is 3.61. The van der Waals surface area contributed by atoms with E-state index in [4.69, 9.17) is 5.26 Å². The number of fused-ring (bicyclic) bond motifs is 3. The van der Waals surface area contributed by atoms with E-state index >= 15 is 0 Å². The summed E-state index contributed by atoms with van der Waals surface area (Å²) in [5, 5.41) is 19.0. The van der Waals surface area contributed by atoms with Gasteiger partial charge in [0.25, 0.3) is 0 Å². The molecule has 3 fully saturated rings. The minimum absolute atomic E-state index is 0.0444. The highest BCUT2D eigenvalue weighted by Gasteiger charge is 2.53. The van der Waals surface area contributed by atoms with E-state index in [9.17, 15) is 5.11 Å². The normalized spacial score (nSPS) is 51.7. The number of hydrogen-bond donors (Lipinski definition) is 1. The van der Waals surface area contributed by atoms with Crippen molar-refractivity contribution in [2.45, 2.75) is 77.7 Å². The number of aliphatic hydroxyl groups is 1. The highest BCUT2D eigenvalue weighted by Crippen LogP contribution is 2.61. The maximum absolute atomic E-state index is 9.98. The lowest BCUT2D eigenvalue weighted by atomic mass is 9.47. The van der Waals surface area contributed by atoms with E-state index in [2.05, 4.69) is 19.9 Å². The molecule has 0 heterocycles. The Morgan fingerprint density at radius 2 is 1.95 bits per heavy atom. The molecular weight excluding hydrogens is 246 g/mol. The summed E-state index contributed by atoms with van der Waals surface area (Å²) in [5.41, 5.74) is 0.739. The zero-order valence-electron chi connectivity index (χ0n) is 13.1. The van der Waals surface area contributed by atoms with E-state index in [0.29, 0.717) is 5.41 Å². The molecule has 0 aromatic rings. The van der Waals surface area contributed by atoms with Crippen LogP contribution < -0.4 is 0 Å². The second-order valence-corrected chi connectivity index (χ2v) is 8.46. The van der Waals surface area contributed by atoms with Gasteiger partial charge in [-0.05, 0) is 80.0 Å². The molecule has 2 unspecified atom stereocenters. The van der Waals surface area contributed by atoms with Crippen LogP contribution in [0.25, 0.3) is 0 Å². The van der Waals surface area contributed by atoms with Gasteiger partial charge in [0.05, 0.1) is 12.2 Å². The minimum Gasteiger partial charge on any atom is -0.393 e. The van der Waals surface area contributed by atoms with Gasteiger partial charge in [-0.15, -0.1) is 0 Å². The lowest BCUT2D eigenvalue weighted by molar-refractivity contribution is -0.101. The molecule has 2 nitrogen and oxygen atoms in total. The van der Waals surface area contributed by atoms with Crippen molar-refractivity contribution in [1.29, 1.82) is 5.26 Å². The Hall–Kier alpha value is -0.550. The molecule has 3 rings (SSSR count). The molecule has 0 saturated heterocycles. The molecule has 0 radical (unpaired) electrons. The van der Waals surface area contributed by atoms with E-state index in [-0.39, 0.29) is 11.5 Å². The highest BCUT2D eigenvalue weighted by molar-refractivity contribution is 5.04. The van der Waals surface area contributed by atoms with Crippen molar-refractivity contribution in [3.8, 4) is 6.07 Å². The van der Waals surface area contributed by atoms with Gasteiger partial charge >= 0.3 is 0 Å². The summed E-state index contributed by atoms with van der Waals surface area (Å²) in [7, 11) is 0. The molecule has 112 valence electrons. The van der Waals surface area contributed by atoms with Crippen molar-refractivity contribution in [3.63, 3.8) is 0 Å². The Morgan fingerprint density at radius 3 is 2.70 bits per heavy atom. The van der Waals surface area contributed by atoms with Gasteiger partial charge < -0.3 is 5.11 Å². The Labute approximate surface area is 123 Å². The molecule has 0 aliphatic heterocycles. The Morgan fingerprint density at radius 1 is 1.15 bits per heavy atom. The second kappa shape index (κ2) is 5.02. The van der Waals surface area contributed by atoms with Crippen molar-refractivity contribution in [2.24, 2.45) is 28.6 Å². The van der Waals surface area contributed by atoms with Crippen LogP contribution in [0.2, 0.25) is 0 Å². The van der Waals surface area contributed by atoms with Gasteiger partial charge in [-0.3, -0.25) is 0 Å². The maximum atomic E-state index is 9.98. The minimum atomic E-state index is -0.0444. The molecule has 2 heteroatoms. The first-order chi connectivity index (χ1) is 9.47. The summed E-state index contributed by atoms with van der Waals surface area (Å²) in [6.07, 6.45) is 10.4. The zero-order valence-corrected chi connectivity index (χ0v) is 13.1. The molecule has 0 spiro atoms. The van der Waals surface area contributed by atoms with Crippen LogP contribution in [0.4, 0.5) is 0 Å². The number of nitrogens with zero attached hydrogens (tertiary/aromatic N) is 1. The molecule has 6 atom stereocenters. The lowest BCUT2D eigenvalue weighted by Crippen LogP contribution is -2.50. The van der Waals surface area contributed by atoms with Gasteiger partial charge in [0.1, 0.15) is 0 Å². The van der Waals surface area contributed by atoms with E-state index in [1.165, 1.54) is 38.5 Å². The first kappa shape index (κ1) is 14.4. The third-order valence-corrected chi connectivity index (χ3v) is 7.13. The predicted octanol–water partition coefficient (Wildman–Crippen LogP) is 4.28. The first-order valence-corrected chi connectivity index (χ1v) is 8.52. The topological polar surface area (TPSA) is 44.0 Å². The predicted molar refractivity (Wildman–Crippen MR) is 79.9 cm³/mol.